The minimum atomic E-state index is -4.58. The Hall–Kier alpha value is -2.75. The maximum atomic E-state index is 13.1. The number of likely N-dealkylation sites (tertiary alicyclic amines) is 1. The third kappa shape index (κ3) is 3.07. The molecule has 2 aliphatic heterocycles. The summed E-state index contributed by atoms with van der Waals surface area (Å²) in [4.78, 5) is 8.55. The third-order valence-corrected chi connectivity index (χ3v) is 5.54. The number of anilines is 1. The van der Waals surface area contributed by atoms with Gasteiger partial charge in [-0.2, -0.15) is 17.7 Å². The fourth-order valence-electron chi connectivity index (χ4n) is 4.28. The Kier molecular flexibility index (Phi) is 3.97. The zero-order valence-electron chi connectivity index (χ0n) is 14.9. The topological polar surface area (TPSA) is 62.5 Å². The molecule has 0 amide bonds. The zero-order valence-corrected chi connectivity index (χ0v) is 14.9. The second-order valence-electron chi connectivity index (χ2n) is 7.46. The number of hydrogen-bond acceptors (Lipinski definition) is 6. The summed E-state index contributed by atoms with van der Waals surface area (Å²) in [6.45, 7) is 4.44. The van der Waals surface area contributed by atoms with E-state index in [9.17, 15) is 13.2 Å². The minimum Gasteiger partial charge on any atom is -0.355 e. The Balaban J connectivity index is 1.30. The van der Waals surface area contributed by atoms with Gasteiger partial charge in [0.25, 0.3) is 5.82 Å². The van der Waals surface area contributed by atoms with E-state index < -0.39 is 12.0 Å². The standard InChI is InChI=1S/C18H18F3N7/c19-18(20,21)17-24-23-15-1-2-16(25-28(15)17)27-10-13-8-26(9-14(13)11-27)7-12-3-5-22-6-4-12/h1-6,13-14H,7-11H2. The molecule has 146 valence electrons. The van der Waals surface area contributed by atoms with Gasteiger partial charge in [-0.3, -0.25) is 9.88 Å². The molecule has 0 aromatic carbocycles. The van der Waals surface area contributed by atoms with Crippen LogP contribution in [0, 0.1) is 11.8 Å². The van der Waals surface area contributed by atoms with E-state index in [0.29, 0.717) is 17.7 Å². The fourth-order valence-corrected chi connectivity index (χ4v) is 4.28. The van der Waals surface area contributed by atoms with Crippen LogP contribution < -0.4 is 4.90 Å². The summed E-state index contributed by atoms with van der Waals surface area (Å²) < 4.78 is 40.0. The predicted octanol–water partition coefficient (Wildman–Crippen LogP) is 2.11. The van der Waals surface area contributed by atoms with Crippen LogP contribution in [-0.4, -0.2) is 55.9 Å². The summed E-state index contributed by atoms with van der Waals surface area (Å²) in [5, 5.41) is 11.0. The molecule has 28 heavy (non-hydrogen) atoms. The molecule has 2 saturated heterocycles. The Morgan fingerprint density at radius 1 is 0.929 bits per heavy atom. The van der Waals surface area contributed by atoms with Crippen molar-refractivity contribution in [1.29, 1.82) is 0 Å². The third-order valence-electron chi connectivity index (χ3n) is 5.54. The normalized spacial score (nSPS) is 22.9. The van der Waals surface area contributed by atoms with E-state index in [4.69, 9.17) is 0 Å². The maximum absolute atomic E-state index is 13.1. The van der Waals surface area contributed by atoms with Gasteiger partial charge in [0.1, 0.15) is 5.82 Å². The molecule has 2 atom stereocenters. The lowest BCUT2D eigenvalue weighted by Crippen LogP contribution is -2.29. The van der Waals surface area contributed by atoms with E-state index in [1.165, 1.54) is 11.6 Å². The highest BCUT2D eigenvalue weighted by atomic mass is 19.4. The van der Waals surface area contributed by atoms with E-state index >= 15 is 0 Å². The average molecular weight is 389 g/mol. The summed E-state index contributed by atoms with van der Waals surface area (Å²) in [6, 6.07) is 7.31. The van der Waals surface area contributed by atoms with Crippen LogP contribution in [0.2, 0.25) is 0 Å². The van der Waals surface area contributed by atoms with Crippen molar-refractivity contribution in [2.75, 3.05) is 31.1 Å². The molecule has 7 nitrogen and oxygen atoms in total. The highest BCUT2D eigenvalue weighted by Crippen LogP contribution is 2.34. The van der Waals surface area contributed by atoms with E-state index in [1.807, 2.05) is 12.1 Å². The van der Waals surface area contributed by atoms with Crippen molar-refractivity contribution in [3.63, 3.8) is 0 Å². The molecule has 0 bridgehead atoms. The largest absolute Gasteiger partial charge is 0.453 e. The van der Waals surface area contributed by atoms with Gasteiger partial charge < -0.3 is 4.90 Å². The van der Waals surface area contributed by atoms with Crippen molar-refractivity contribution in [3.05, 3.63) is 48.0 Å². The number of fused-ring (bicyclic) bond motifs is 2. The molecule has 2 aliphatic rings. The van der Waals surface area contributed by atoms with Crippen molar-refractivity contribution in [2.24, 2.45) is 11.8 Å². The molecule has 5 heterocycles. The summed E-state index contributed by atoms with van der Waals surface area (Å²) >= 11 is 0. The number of alkyl halides is 3. The molecule has 0 aliphatic carbocycles. The van der Waals surface area contributed by atoms with Crippen LogP contribution in [0.5, 0.6) is 0 Å². The summed E-state index contributed by atoms with van der Waals surface area (Å²) in [5.41, 5.74) is 1.34. The number of hydrogen-bond donors (Lipinski definition) is 0. The molecule has 2 fully saturated rings. The van der Waals surface area contributed by atoms with Crippen LogP contribution in [0.4, 0.5) is 19.0 Å². The van der Waals surface area contributed by atoms with Crippen molar-refractivity contribution in [2.45, 2.75) is 12.7 Å². The van der Waals surface area contributed by atoms with E-state index in [2.05, 4.69) is 30.1 Å². The first-order valence-electron chi connectivity index (χ1n) is 9.13. The Morgan fingerprint density at radius 2 is 1.64 bits per heavy atom. The monoisotopic (exact) mass is 389 g/mol. The second kappa shape index (κ2) is 6.40. The second-order valence-corrected chi connectivity index (χ2v) is 7.46. The lowest BCUT2D eigenvalue weighted by Gasteiger charge is -2.22. The molecule has 3 aromatic heterocycles. The van der Waals surface area contributed by atoms with Crippen LogP contribution >= 0.6 is 0 Å². The Bertz CT molecular complexity index is 974. The number of pyridine rings is 1. The van der Waals surface area contributed by atoms with Crippen molar-refractivity contribution in [3.8, 4) is 0 Å². The number of nitrogens with zero attached hydrogens (tertiary/aromatic N) is 7. The van der Waals surface area contributed by atoms with Crippen molar-refractivity contribution >= 4 is 11.5 Å². The average Bonchev–Trinajstić information content (AvgIpc) is 3.33. The van der Waals surface area contributed by atoms with Crippen molar-refractivity contribution in [1.82, 2.24) is 29.7 Å². The van der Waals surface area contributed by atoms with Crippen LogP contribution in [0.15, 0.2) is 36.7 Å². The van der Waals surface area contributed by atoms with Gasteiger partial charge in [0, 0.05) is 45.1 Å². The van der Waals surface area contributed by atoms with Crippen LogP contribution in [0.25, 0.3) is 5.65 Å². The molecule has 0 saturated carbocycles. The molecule has 0 radical (unpaired) electrons. The molecular formula is C18H18F3N7. The number of halogens is 3. The van der Waals surface area contributed by atoms with Gasteiger partial charge >= 0.3 is 6.18 Å². The molecule has 3 aromatic rings. The van der Waals surface area contributed by atoms with Gasteiger partial charge in [-0.1, -0.05) is 0 Å². The minimum absolute atomic E-state index is 0.0963. The van der Waals surface area contributed by atoms with Gasteiger partial charge in [-0.15, -0.1) is 15.3 Å². The SMILES string of the molecule is FC(F)(F)c1nnc2ccc(N3CC4CN(Cc5ccncc5)CC4C3)nn12. The molecule has 10 heteroatoms. The predicted molar refractivity (Wildman–Crippen MR) is 94.5 cm³/mol. The Morgan fingerprint density at radius 3 is 2.32 bits per heavy atom. The van der Waals surface area contributed by atoms with E-state index in [-0.39, 0.29) is 5.65 Å². The fraction of sp³-hybridized carbons (Fsp3) is 0.444. The number of rotatable bonds is 3. The number of aromatic nitrogens is 5. The summed E-state index contributed by atoms with van der Waals surface area (Å²) in [5.74, 6) is 0.421. The van der Waals surface area contributed by atoms with Gasteiger partial charge in [0.2, 0.25) is 0 Å². The summed E-state index contributed by atoms with van der Waals surface area (Å²) in [6.07, 6.45) is -0.980. The maximum Gasteiger partial charge on any atom is 0.453 e. The Labute approximate surface area is 158 Å². The van der Waals surface area contributed by atoms with Gasteiger partial charge in [0.15, 0.2) is 5.65 Å². The highest BCUT2D eigenvalue weighted by Gasteiger charge is 2.41. The van der Waals surface area contributed by atoms with Crippen LogP contribution in [0.3, 0.4) is 0 Å². The smallest absolute Gasteiger partial charge is 0.355 e. The summed E-state index contributed by atoms with van der Waals surface area (Å²) in [7, 11) is 0. The first-order chi connectivity index (χ1) is 13.5. The quantitative estimate of drug-likeness (QED) is 0.684. The van der Waals surface area contributed by atoms with Gasteiger partial charge in [-0.05, 0) is 41.7 Å². The first-order valence-corrected chi connectivity index (χ1v) is 9.13. The molecule has 5 rings (SSSR count). The molecule has 0 spiro atoms. The van der Waals surface area contributed by atoms with Gasteiger partial charge in [0.05, 0.1) is 0 Å². The van der Waals surface area contributed by atoms with Crippen LogP contribution in [0.1, 0.15) is 11.4 Å². The van der Waals surface area contributed by atoms with Crippen molar-refractivity contribution < 1.29 is 13.2 Å². The lowest BCUT2D eigenvalue weighted by molar-refractivity contribution is -0.146. The lowest BCUT2D eigenvalue weighted by atomic mass is 10.0. The molecule has 0 N–H and O–H groups in total. The first kappa shape index (κ1) is 17.4. The molecular weight excluding hydrogens is 371 g/mol. The highest BCUT2D eigenvalue weighted by molar-refractivity contribution is 5.47. The van der Waals surface area contributed by atoms with E-state index in [1.54, 1.807) is 18.5 Å². The van der Waals surface area contributed by atoms with Crippen LogP contribution in [-0.2, 0) is 12.7 Å². The zero-order chi connectivity index (χ0) is 19.3. The molecule has 2 unspecified atom stereocenters. The van der Waals surface area contributed by atoms with Gasteiger partial charge in [-0.25, -0.2) is 0 Å². The van der Waals surface area contributed by atoms with E-state index in [0.717, 1.165) is 37.2 Å².